The van der Waals surface area contributed by atoms with Crippen molar-refractivity contribution < 1.29 is 23.8 Å². The van der Waals surface area contributed by atoms with Crippen LogP contribution in [0.2, 0.25) is 0 Å². The number of nitrogens with zero attached hydrogens (tertiary/aromatic N) is 3. The van der Waals surface area contributed by atoms with Crippen LogP contribution >= 0.6 is 0 Å². The number of anilines is 2. The van der Waals surface area contributed by atoms with E-state index in [1.807, 2.05) is 48.2 Å². The highest BCUT2D eigenvalue weighted by Gasteiger charge is 2.24. The number of likely N-dealkylation sites (tertiary alicyclic amines) is 1. The number of aromatic nitrogens is 2. The van der Waals surface area contributed by atoms with E-state index >= 15 is 0 Å². The van der Waals surface area contributed by atoms with Crippen LogP contribution in [0.5, 0.6) is 5.75 Å². The Kier molecular flexibility index (Phi) is 9.67. The predicted molar refractivity (Wildman–Crippen MR) is 148 cm³/mol. The highest BCUT2D eigenvalue weighted by Crippen LogP contribution is 2.29. The number of hydrogen-bond donors (Lipinski definition) is 2. The molecule has 10 heteroatoms. The summed E-state index contributed by atoms with van der Waals surface area (Å²) in [6, 6.07) is 11.6. The van der Waals surface area contributed by atoms with Crippen molar-refractivity contribution in [2.45, 2.75) is 25.9 Å². The lowest BCUT2D eigenvalue weighted by molar-refractivity contribution is -0.136. The number of fused-ring (bicyclic) bond motifs is 1. The second-order valence-corrected chi connectivity index (χ2v) is 9.20. The number of aryl methyl sites for hydroxylation is 1. The molecule has 1 aromatic heterocycles. The molecule has 1 aliphatic rings. The molecule has 0 radical (unpaired) electrons. The zero-order chi connectivity index (χ0) is 27.6. The summed E-state index contributed by atoms with van der Waals surface area (Å²) >= 11 is 0. The molecule has 2 aromatic carbocycles. The van der Waals surface area contributed by atoms with Crippen molar-refractivity contribution in [2.24, 2.45) is 0 Å². The number of rotatable bonds is 9. The number of ether oxygens (including phenoxy) is 3. The number of carbonyl (C=O) groups is 2. The van der Waals surface area contributed by atoms with Gasteiger partial charge in [-0.2, -0.15) is 0 Å². The monoisotopic (exact) mass is 531 g/mol. The van der Waals surface area contributed by atoms with Gasteiger partial charge in [-0.15, -0.1) is 0 Å². The second-order valence-electron chi connectivity index (χ2n) is 9.20. The van der Waals surface area contributed by atoms with E-state index in [0.29, 0.717) is 18.9 Å². The number of hydrogen-bond acceptors (Lipinski definition) is 8. The lowest BCUT2D eigenvalue weighted by Gasteiger charge is -2.32. The van der Waals surface area contributed by atoms with Crippen molar-refractivity contribution in [3.63, 3.8) is 0 Å². The molecule has 39 heavy (non-hydrogen) atoms. The van der Waals surface area contributed by atoms with E-state index in [1.54, 1.807) is 0 Å². The molecule has 3 aromatic rings. The molecule has 0 unspecified atom stereocenters. The largest absolute Gasteiger partial charge is 0.490 e. The fraction of sp³-hybridized carbons (Fsp3) is 0.379. The Bertz CT molecular complexity index is 1380. The van der Waals surface area contributed by atoms with Gasteiger partial charge in [-0.25, -0.2) is 9.97 Å². The highest BCUT2D eigenvalue weighted by atomic mass is 16.5. The van der Waals surface area contributed by atoms with Crippen molar-refractivity contribution in [3.8, 4) is 17.6 Å². The van der Waals surface area contributed by atoms with E-state index in [4.69, 9.17) is 14.2 Å². The molecule has 0 saturated carbocycles. The summed E-state index contributed by atoms with van der Waals surface area (Å²) in [6.07, 6.45) is 3.15. The minimum Gasteiger partial charge on any atom is -0.490 e. The standard InChI is InChI=1S/C29H33N5O5/c1-20-15-22(7-9-26(20)39-23-10-13-34(14-11-23)28(36)18-38-3)33-29-24-16-21(6-8-25(24)31-19-32-29)5-4-12-30-27(35)17-37-2/h6-9,15-16,19,23H,10-14,17-18H2,1-3H3,(H,30,35)(H,31,32,33). The normalized spacial score (nSPS) is 13.5. The first-order valence-electron chi connectivity index (χ1n) is 12.8. The maximum atomic E-state index is 12.0. The van der Waals surface area contributed by atoms with E-state index in [-0.39, 0.29) is 37.7 Å². The third kappa shape index (κ3) is 7.66. The van der Waals surface area contributed by atoms with Crippen LogP contribution in [0.15, 0.2) is 42.7 Å². The Labute approximate surface area is 228 Å². The van der Waals surface area contributed by atoms with Crippen molar-refractivity contribution >= 4 is 34.2 Å². The van der Waals surface area contributed by atoms with E-state index in [1.165, 1.54) is 20.5 Å². The average molecular weight is 532 g/mol. The molecule has 1 aliphatic heterocycles. The molecule has 1 fully saturated rings. The summed E-state index contributed by atoms with van der Waals surface area (Å²) in [5.74, 6) is 7.31. The molecule has 4 rings (SSSR count). The quantitative estimate of drug-likeness (QED) is 0.405. The lowest BCUT2D eigenvalue weighted by Crippen LogP contribution is -2.43. The van der Waals surface area contributed by atoms with Gasteiger partial charge in [-0.3, -0.25) is 9.59 Å². The van der Waals surface area contributed by atoms with Crippen molar-refractivity contribution in [2.75, 3.05) is 52.4 Å². The molecular formula is C29H33N5O5. The Hall–Kier alpha value is -4.20. The lowest BCUT2D eigenvalue weighted by atomic mass is 10.1. The Morgan fingerprint density at radius 3 is 2.59 bits per heavy atom. The molecule has 1 saturated heterocycles. The number of carbonyl (C=O) groups excluding carboxylic acids is 2. The van der Waals surface area contributed by atoms with E-state index in [9.17, 15) is 9.59 Å². The molecule has 10 nitrogen and oxygen atoms in total. The van der Waals surface area contributed by atoms with E-state index in [0.717, 1.165) is 46.3 Å². The molecular weight excluding hydrogens is 498 g/mol. The third-order valence-corrected chi connectivity index (χ3v) is 6.31. The first-order chi connectivity index (χ1) is 19.0. The van der Waals surface area contributed by atoms with Crippen LogP contribution in [0.1, 0.15) is 24.0 Å². The van der Waals surface area contributed by atoms with Gasteiger partial charge < -0.3 is 29.7 Å². The van der Waals surface area contributed by atoms with Crippen LogP contribution in [-0.4, -0.2) is 79.9 Å². The number of amides is 2. The summed E-state index contributed by atoms with van der Waals surface area (Å²) in [5.41, 5.74) is 3.45. The minimum atomic E-state index is -0.211. The van der Waals surface area contributed by atoms with Crippen molar-refractivity contribution in [1.82, 2.24) is 20.2 Å². The van der Waals surface area contributed by atoms with Gasteiger partial charge in [0.15, 0.2) is 0 Å². The Morgan fingerprint density at radius 1 is 1.05 bits per heavy atom. The molecule has 0 spiro atoms. The molecule has 0 bridgehead atoms. The highest BCUT2D eigenvalue weighted by molar-refractivity contribution is 5.91. The summed E-state index contributed by atoms with van der Waals surface area (Å²) in [4.78, 5) is 34.2. The average Bonchev–Trinajstić information content (AvgIpc) is 2.93. The van der Waals surface area contributed by atoms with Gasteiger partial charge >= 0.3 is 0 Å². The van der Waals surface area contributed by atoms with Gasteiger partial charge in [0.25, 0.3) is 0 Å². The van der Waals surface area contributed by atoms with Gasteiger partial charge in [-0.05, 0) is 48.9 Å². The number of nitrogens with one attached hydrogen (secondary N) is 2. The third-order valence-electron chi connectivity index (χ3n) is 6.31. The molecule has 2 amide bonds. The van der Waals surface area contributed by atoms with Crippen LogP contribution in [0, 0.1) is 18.8 Å². The fourth-order valence-electron chi connectivity index (χ4n) is 4.32. The smallest absolute Gasteiger partial charge is 0.248 e. The molecule has 2 N–H and O–H groups in total. The van der Waals surface area contributed by atoms with Gasteiger partial charge in [0.05, 0.1) is 12.1 Å². The molecule has 2 heterocycles. The maximum Gasteiger partial charge on any atom is 0.248 e. The van der Waals surface area contributed by atoms with Crippen LogP contribution < -0.4 is 15.4 Å². The maximum absolute atomic E-state index is 12.0. The van der Waals surface area contributed by atoms with Crippen LogP contribution in [0.4, 0.5) is 11.5 Å². The number of piperidine rings is 1. The SMILES string of the molecule is COCC(=O)NCC#Cc1ccc2ncnc(Nc3ccc(OC4CCN(C(=O)COC)CC4)c(C)c3)c2c1. The topological polar surface area (TPSA) is 115 Å². The summed E-state index contributed by atoms with van der Waals surface area (Å²) in [7, 11) is 3.00. The number of benzene rings is 2. The molecule has 0 aliphatic carbocycles. The zero-order valence-corrected chi connectivity index (χ0v) is 22.5. The minimum absolute atomic E-state index is 0.00734. The van der Waals surface area contributed by atoms with Gasteiger partial charge in [0, 0.05) is 56.8 Å². The fourth-order valence-corrected chi connectivity index (χ4v) is 4.32. The van der Waals surface area contributed by atoms with Gasteiger partial charge in [-0.1, -0.05) is 11.8 Å². The van der Waals surface area contributed by atoms with Crippen LogP contribution in [0.25, 0.3) is 10.9 Å². The Balaban J connectivity index is 1.40. The van der Waals surface area contributed by atoms with Gasteiger partial charge in [0.2, 0.25) is 11.8 Å². The summed E-state index contributed by atoms with van der Waals surface area (Å²) in [6.45, 7) is 3.70. The van der Waals surface area contributed by atoms with E-state index < -0.39 is 0 Å². The number of methoxy groups -OCH3 is 2. The summed E-state index contributed by atoms with van der Waals surface area (Å²) in [5, 5.41) is 6.90. The van der Waals surface area contributed by atoms with Crippen molar-refractivity contribution in [1.29, 1.82) is 0 Å². The predicted octanol–water partition coefficient (Wildman–Crippen LogP) is 2.81. The molecule has 0 atom stereocenters. The second kappa shape index (κ2) is 13.6. The molecule has 204 valence electrons. The van der Waals surface area contributed by atoms with Crippen LogP contribution in [-0.2, 0) is 19.1 Å². The zero-order valence-electron chi connectivity index (χ0n) is 22.5. The van der Waals surface area contributed by atoms with E-state index in [2.05, 4.69) is 32.4 Å². The van der Waals surface area contributed by atoms with Crippen molar-refractivity contribution in [3.05, 3.63) is 53.9 Å². The van der Waals surface area contributed by atoms with Gasteiger partial charge in [0.1, 0.15) is 37.2 Å². The summed E-state index contributed by atoms with van der Waals surface area (Å²) < 4.78 is 16.0. The van der Waals surface area contributed by atoms with Crippen LogP contribution in [0.3, 0.4) is 0 Å². The Morgan fingerprint density at radius 2 is 1.85 bits per heavy atom. The first-order valence-corrected chi connectivity index (χ1v) is 12.8. The first kappa shape index (κ1) is 27.8.